The molecule has 0 aliphatic rings. The van der Waals surface area contributed by atoms with Crippen LogP contribution in [0.5, 0.6) is 5.75 Å². The number of aromatic hydroxyl groups is 1. The smallest absolute Gasteiger partial charge is 0.190 e. The average molecular weight is 379 g/mol. The number of carbonyl (C=O) groups is 1. The lowest BCUT2D eigenvalue weighted by Gasteiger charge is -1.99. The largest absolute Gasteiger partial charge is 0.508 e. The van der Waals surface area contributed by atoms with Crippen LogP contribution in [0.3, 0.4) is 0 Å². The highest BCUT2D eigenvalue weighted by molar-refractivity contribution is 6.33. The Labute approximate surface area is 160 Å². The van der Waals surface area contributed by atoms with E-state index in [-0.39, 0.29) is 11.5 Å². The summed E-state index contributed by atoms with van der Waals surface area (Å²) in [5, 5.41) is 10.9. The number of aryl methyl sites for hydroxylation is 1. The molecule has 0 atom stereocenters. The van der Waals surface area contributed by atoms with Gasteiger partial charge in [-0.15, -0.1) is 0 Å². The molecule has 0 bridgehead atoms. The standard InChI is InChI=1S/C22H15ClO4/c1-13-22(17-12-14(24)6-10-21(17)26-13)19(25)9-7-15-8-11-20(27-15)16-4-2-3-5-18(16)23/h2-12,24H,1H3. The molecule has 0 aliphatic heterocycles. The fraction of sp³-hybridized carbons (Fsp3) is 0.0455. The predicted molar refractivity (Wildman–Crippen MR) is 105 cm³/mol. The second kappa shape index (κ2) is 6.82. The summed E-state index contributed by atoms with van der Waals surface area (Å²) in [4.78, 5) is 12.7. The van der Waals surface area contributed by atoms with Crippen LogP contribution in [0.4, 0.5) is 0 Å². The van der Waals surface area contributed by atoms with Gasteiger partial charge < -0.3 is 13.9 Å². The number of ketones is 1. The molecule has 0 saturated carbocycles. The second-order valence-corrected chi connectivity index (χ2v) is 6.50. The lowest BCUT2D eigenvalue weighted by atomic mass is 10.1. The van der Waals surface area contributed by atoms with E-state index in [1.807, 2.05) is 24.3 Å². The van der Waals surface area contributed by atoms with Gasteiger partial charge >= 0.3 is 0 Å². The Bertz CT molecular complexity index is 1180. The predicted octanol–water partition coefficient (Wildman–Crippen LogP) is 6.26. The van der Waals surface area contributed by atoms with E-state index < -0.39 is 0 Å². The molecule has 0 radical (unpaired) electrons. The minimum atomic E-state index is -0.229. The number of allylic oxidation sites excluding steroid dienone is 1. The number of benzene rings is 2. The Morgan fingerprint density at radius 2 is 1.89 bits per heavy atom. The fourth-order valence-corrected chi connectivity index (χ4v) is 3.23. The maximum atomic E-state index is 12.7. The summed E-state index contributed by atoms with van der Waals surface area (Å²) in [5.41, 5.74) is 1.77. The minimum Gasteiger partial charge on any atom is -0.508 e. The van der Waals surface area contributed by atoms with Crippen LogP contribution in [0.2, 0.25) is 5.02 Å². The molecule has 0 aliphatic carbocycles. The zero-order chi connectivity index (χ0) is 19.0. The Morgan fingerprint density at radius 3 is 2.70 bits per heavy atom. The summed E-state index contributed by atoms with van der Waals surface area (Å²) in [6, 6.07) is 15.7. The molecule has 27 heavy (non-hydrogen) atoms. The molecule has 4 rings (SSSR count). The number of hydrogen-bond donors (Lipinski definition) is 1. The van der Waals surface area contributed by atoms with Crippen LogP contribution in [-0.4, -0.2) is 10.9 Å². The van der Waals surface area contributed by atoms with E-state index in [2.05, 4.69) is 0 Å². The zero-order valence-electron chi connectivity index (χ0n) is 14.4. The SMILES string of the molecule is Cc1oc2ccc(O)cc2c1C(=O)C=Cc1ccc(-c2ccccc2Cl)o1. The number of phenolic OH excluding ortho intramolecular Hbond substituents is 1. The molecule has 5 heteroatoms. The molecule has 0 amide bonds. The normalized spacial score (nSPS) is 11.5. The number of phenols is 1. The van der Waals surface area contributed by atoms with Crippen LogP contribution in [0.25, 0.3) is 28.4 Å². The van der Waals surface area contributed by atoms with Gasteiger partial charge in [-0.2, -0.15) is 0 Å². The van der Waals surface area contributed by atoms with E-state index >= 15 is 0 Å². The fourth-order valence-electron chi connectivity index (χ4n) is 3.00. The molecule has 2 aromatic heterocycles. The first-order valence-corrected chi connectivity index (χ1v) is 8.70. The maximum absolute atomic E-state index is 12.7. The Hall–Kier alpha value is -3.24. The van der Waals surface area contributed by atoms with Gasteiger partial charge in [-0.05, 0) is 61.5 Å². The molecule has 4 nitrogen and oxygen atoms in total. The van der Waals surface area contributed by atoms with Crippen molar-refractivity contribution in [2.75, 3.05) is 0 Å². The van der Waals surface area contributed by atoms with Gasteiger partial charge in [-0.25, -0.2) is 0 Å². The number of carbonyl (C=O) groups excluding carboxylic acids is 1. The van der Waals surface area contributed by atoms with Crippen LogP contribution >= 0.6 is 11.6 Å². The van der Waals surface area contributed by atoms with Gasteiger partial charge in [-0.3, -0.25) is 4.79 Å². The summed E-state index contributed by atoms with van der Waals surface area (Å²) < 4.78 is 11.4. The Balaban J connectivity index is 1.63. The number of hydrogen-bond acceptors (Lipinski definition) is 4. The summed E-state index contributed by atoms with van der Waals surface area (Å²) in [5.74, 6) is 1.51. The lowest BCUT2D eigenvalue weighted by molar-refractivity contribution is 0.104. The number of rotatable bonds is 4. The molecular formula is C22H15ClO4. The van der Waals surface area contributed by atoms with Gasteiger partial charge in [-0.1, -0.05) is 23.7 Å². The molecule has 2 aromatic carbocycles. The highest BCUT2D eigenvalue weighted by Crippen LogP contribution is 2.31. The zero-order valence-corrected chi connectivity index (χ0v) is 15.2. The topological polar surface area (TPSA) is 63.6 Å². The Kier molecular flexibility index (Phi) is 4.34. The first-order valence-electron chi connectivity index (χ1n) is 8.32. The van der Waals surface area contributed by atoms with Crippen molar-refractivity contribution in [3.05, 3.63) is 82.8 Å². The van der Waals surface area contributed by atoms with E-state index in [9.17, 15) is 9.90 Å². The molecule has 1 N–H and O–H groups in total. The molecular weight excluding hydrogens is 364 g/mol. The molecule has 4 aromatic rings. The van der Waals surface area contributed by atoms with Gasteiger partial charge in [0.25, 0.3) is 0 Å². The molecule has 2 heterocycles. The molecule has 134 valence electrons. The van der Waals surface area contributed by atoms with Crippen molar-refractivity contribution < 1.29 is 18.7 Å². The quantitative estimate of drug-likeness (QED) is 0.336. The van der Waals surface area contributed by atoms with Crippen molar-refractivity contribution in [2.45, 2.75) is 6.92 Å². The maximum Gasteiger partial charge on any atom is 0.190 e. The third-order valence-corrected chi connectivity index (χ3v) is 4.59. The highest BCUT2D eigenvalue weighted by Gasteiger charge is 2.17. The van der Waals surface area contributed by atoms with Crippen molar-refractivity contribution in [2.24, 2.45) is 0 Å². The van der Waals surface area contributed by atoms with Gasteiger partial charge in [0.05, 0.1) is 10.6 Å². The van der Waals surface area contributed by atoms with E-state index in [0.29, 0.717) is 38.8 Å². The molecule has 0 fully saturated rings. The van der Waals surface area contributed by atoms with Crippen molar-refractivity contribution in [3.8, 4) is 17.1 Å². The van der Waals surface area contributed by atoms with Crippen molar-refractivity contribution in [1.82, 2.24) is 0 Å². The van der Waals surface area contributed by atoms with E-state index in [0.717, 1.165) is 5.56 Å². The number of halogens is 1. The Morgan fingerprint density at radius 1 is 1.07 bits per heavy atom. The van der Waals surface area contributed by atoms with E-state index in [1.165, 1.54) is 18.2 Å². The van der Waals surface area contributed by atoms with Crippen molar-refractivity contribution in [3.63, 3.8) is 0 Å². The average Bonchev–Trinajstić information content (AvgIpc) is 3.23. The van der Waals surface area contributed by atoms with Crippen LogP contribution < -0.4 is 0 Å². The lowest BCUT2D eigenvalue weighted by Crippen LogP contribution is -1.94. The minimum absolute atomic E-state index is 0.0803. The van der Waals surface area contributed by atoms with Crippen LogP contribution in [-0.2, 0) is 0 Å². The summed E-state index contributed by atoms with van der Waals surface area (Å²) in [7, 11) is 0. The van der Waals surface area contributed by atoms with Gasteiger partial charge in [0, 0.05) is 10.9 Å². The number of furan rings is 2. The third-order valence-electron chi connectivity index (χ3n) is 4.26. The number of fused-ring (bicyclic) bond motifs is 1. The monoisotopic (exact) mass is 378 g/mol. The second-order valence-electron chi connectivity index (χ2n) is 6.09. The van der Waals surface area contributed by atoms with Crippen LogP contribution in [0, 0.1) is 6.92 Å². The van der Waals surface area contributed by atoms with Crippen LogP contribution in [0.15, 0.2) is 69.5 Å². The summed E-state index contributed by atoms with van der Waals surface area (Å²) >= 11 is 6.19. The van der Waals surface area contributed by atoms with Gasteiger partial charge in [0.1, 0.15) is 28.6 Å². The third kappa shape index (κ3) is 3.27. The van der Waals surface area contributed by atoms with Crippen LogP contribution in [0.1, 0.15) is 21.9 Å². The summed E-state index contributed by atoms with van der Waals surface area (Å²) in [6.45, 7) is 1.72. The van der Waals surface area contributed by atoms with Gasteiger partial charge in [0.2, 0.25) is 0 Å². The molecule has 0 unspecified atom stereocenters. The summed E-state index contributed by atoms with van der Waals surface area (Å²) in [6.07, 6.45) is 3.03. The first-order chi connectivity index (χ1) is 13.0. The van der Waals surface area contributed by atoms with Crippen molar-refractivity contribution >= 4 is 34.4 Å². The molecule has 0 spiro atoms. The van der Waals surface area contributed by atoms with E-state index in [1.54, 1.807) is 31.2 Å². The molecule has 0 saturated heterocycles. The first kappa shape index (κ1) is 17.2. The van der Waals surface area contributed by atoms with Crippen molar-refractivity contribution in [1.29, 1.82) is 0 Å². The highest BCUT2D eigenvalue weighted by atomic mass is 35.5. The van der Waals surface area contributed by atoms with E-state index in [4.69, 9.17) is 20.4 Å². The van der Waals surface area contributed by atoms with Gasteiger partial charge in [0.15, 0.2) is 5.78 Å².